The summed E-state index contributed by atoms with van der Waals surface area (Å²) < 4.78 is 5.39. The van der Waals surface area contributed by atoms with Crippen molar-refractivity contribution in [3.8, 4) is 5.75 Å². The number of thioether (sulfide) groups is 1. The van der Waals surface area contributed by atoms with Crippen LogP contribution in [-0.4, -0.2) is 17.7 Å². The molecule has 3 nitrogen and oxygen atoms in total. The van der Waals surface area contributed by atoms with Crippen molar-refractivity contribution in [2.24, 2.45) is 0 Å². The number of carboxylic acids is 1. The number of carboxylic acid groups (broad SMARTS) is 1. The van der Waals surface area contributed by atoms with Gasteiger partial charge in [0.2, 0.25) is 0 Å². The fourth-order valence-electron chi connectivity index (χ4n) is 1.77. The molecule has 0 atom stereocenters. The molecule has 0 aliphatic heterocycles. The lowest BCUT2D eigenvalue weighted by Crippen LogP contribution is -1.97. The van der Waals surface area contributed by atoms with E-state index in [2.05, 4.69) is 0 Å². The molecule has 5 heteroatoms. The first-order valence-electron chi connectivity index (χ1n) is 6.47. The maximum absolute atomic E-state index is 11.0. The summed E-state index contributed by atoms with van der Waals surface area (Å²) in [7, 11) is 0. The molecular formula is C16H15ClO3S. The summed E-state index contributed by atoms with van der Waals surface area (Å²) in [5, 5.41) is 9.31. The normalized spacial score (nSPS) is 10.4. The second kappa shape index (κ2) is 7.38. The van der Waals surface area contributed by atoms with Crippen LogP contribution in [0.25, 0.3) is 0 Å². The summed E-state index contributed by atoms with van der Waals surface area (Å²) in [4.78, 5) is 11.9. The molecule has 0 aliphatic carbocycles. The minimum Gasteiger partial charge on any atom is -0.494 e. The van der Waals surface area contributed by atoms with E-state index in [4.69, 9.17) is 21.4 Å². The summed E-state index contributed by atoms with van der Waals surface area (Å²) in [5.41, 5.74) is 1.28. The van der Waals surface area contributed by atoms with Crippen molar-refractivity contribution in [3.63, 3.8) is 0 Å². The van der Waals surface area contributed by atoms with E-state index in [1.807, 2.05) is 37.3 Å². The average Bonchev–Trinajstić information content (AvgIpc) is 2.48. The highest BCUT2D eigenvalue weighted by Crippen LogP contribution is 2.27. The molecule has 0 fully saturated rings. The first kappa shape index (κ1) is 15.7. The van der Waals surface area contributed by atoms with Gasteiger partial charge < -0.3 is 9.84 Å². The quantitative estimate of drug-likeness (QED) is 0.781. The standard InChI is InChI=1S/C16H15ClO3S/c1-2-20-12-5-3-11(4-6-12)10-21-13-7-8-15(17)14(9-13)16(18)19/h3-9H,2,10H2,1H3,(H,18,19). The smallest absolute Gasteiger partial charge is 0.337 e. The number of hydrogen-bond donors (Lipinski definition) is 1. The first-order chi connectivity index (χ1) is 10.1. The summed E-state index contributed by atoms with van der Waals surface area (Å²) in [5.74, 6) is 0.599. The highest BCUT2D eigenvalue weighted by atomic mass is 35.5. The number of hydrogen-bond acceptors (Lipinski definition) is 3. The number of carbonyl (C=O) groups is 1. The van der Waals surface area contributed by atoms with Gasteiger partial charge in [-0.15, -0.1) is 11.8 Å². The van der Waals surface area contributed by atoms with Gasteiger partial charge in [0.25, 0.3) is 0 Å². The largest absolute Gasteiger partial charge is 0.494 e. The van der Waals surface area contributed by atoms with Crippen molar-refractivity contribution in [2.75, 3.05) is 6.61 Å². The van der Waals surface area contributed by atoms with Gasteiger partial charge in [-0.2, -0.15) is 0 Å². The Bertz CT molecular complexity index is 626. The van der Waals surface area contributed by atoms with Gasteiger partial charge in [0, 0.05) is 10.6 Å². The maximum Gasteiger partial charge on any atom is 0.337 e. The molecule has 0 heterocycles. The lowest BCUT2D eigenvalue weighted by atomic mass is 10.2. The molecule has 1 N–H and O–H groups in total. The Morgan fingerprint density at radius 1 is 1.24 bits per heavy atom. The van der Waals surface area contributed by atoms with E-state index in [1.54, 1.807) is 23.9 Å². The van der Waals surface area contributed by atoms with Gasteiger partial charge in [0.1, 0.15) is 5.75 Å². The number of halogens is 1. The monoisotopic (exact) mass is 322 g/mol. The van der Waals surface area contributed by atoms with E-state index < -0.39 is 5.97 Å². The third kappa shape index (κ3) is 4.41. The van der Waals surface area contributed by atoms with Crippen molar-refractivity contribution in [3.05, 3.63) is 58.6 Å². The minimum atomic E-state index is -1.01. The van der Waals surface area contributed by atoms with Gasteiger partial charge in [-0.1, -0.05) is 23.7 Å². The minimum absolute atomic E-state index is 0.133. The zero-order valence-corrected chi connectivity index (χ0v) is 13.1. The predicted molar refractivity (Wildman–Crippen MR) is 85.6 cm³/mol. The summed E-state index contributed by atoms with van der Waals surface area (Å²) >= 11 is 7.42. The highest BCUT2D eigenvalue weighted by molar-refractivity contribution is 7.98. The Morgan fingerprint density at radius 3 is 2.57 bits per heavy atom. The van der Waals surface area contributed by atoms with Crippen molar-refractivity contribution in [1.82, 2.24) is 0 Å². The molecule has 2 aromatic carbocycles. The van der Waals surface area contributed by atoms with E-state index >= 15 is 0 Å². The topological polar surface area (TPSA) is 46.5 Å². The van der Waals surface area contributed by atoms with Gasteiger partial charge in [-0.25, -0.2) is 4.79 Å². The highest BCUT2D eigenvalue weighted by Gasteiger charge is 2.09. The maximum atomic E-state index is 11.0. The number of aromatic carboxylic acids is 1. The molecular weight excluding hydrogens is 308 g/mol. The molecule has 0 bridgehead atoms. The molecule has 0 saturated carbocycles. The lowest BCUT2D eigenvalue weighted by Gasteiger charge is -2.06. The molecule has 2 aromatic rings. The summed E-state index contributed by atoms with van der Waals surface area (Å²) in [6, 6.07) is 12.9. The third-order valence-electron chi connectivity index (χ3n) is 2.81. The Hall–Kier alpha value is -1.65. The predicted octanol–water partition coefficient (Wildman–Crippen LogP) is 4.73. The van der Waals surface area contributed by atoms with Crippen LogP contribution >= 0.6 is 23.4 Å². The van der Waals surface area contributed by atoms with Crippen LogP contribution in [0.1, 0.15) is 22.8 Å². The zero-order chi connectivity index (χ0) is 15.2. The molecule has 0 aromatic heterocycles. The van der Waals surface area contributed by atoms with Crippen LogP contribution in [-0.2, 0) is 5.75 Å². The molecule has 0 unspecified atom stereocenters. The van der Waals surface area contributed by atoms with Crippen molar-refractivity contribution < 1.29 is 14.6 Å². The van der Waals surface area contributed by atoms with Crippen molar-refractivity contribution >= 4 is 29.3 Å². The molecule has 0 spiro atoms. The SMILES string of the molecule is CCOc1ccc(CSc2ccc(Cl)c(C(=O)O)c2)cc1. The van der Waals surface area contributed by atoms with E-state index in [-0.39, 0.29) is 10.6 Å². The number of ether oxygens (including phenoxy) is 1. The second-order valence-electron chi connectivity index (χ2n) is 4.31. The van der Waals surface area contributed by atoms with Crippen molar-refractivity contribution in [1.29, 1.82) is 0 Å². The Morgan fingerprint density at radius 2 is 1.95 bits per heavy atom. The molecule has 110 valence electrons. The molecule has 0 aliphatic rings. The Labute approximate surface area is 132 Å². The van der Waals surface area contributed by atoms with E-state index in [0.29, 0.717) is 6.61 Å². The van der Waals surface area contributed by atoms with Crippen LogP contribution in [0.4, 0.5) is 0 Å². The van der Waals surface area contributed by atoms with Gasteiger partial charge in [0.05, 0.1) is 17.2 Å². The van der Waals surface area contributed by atoms with Crippen LogP contribution in [0, 0.1) is 0 Å². The van der Waals surface area contributed by atoms with Crippen LogP contribution < -0.4 is 4.74 Å². The fourth-order valence-corrected chi connectivity index (χ4v) is 2.86. The lowest BCUT2D eigenvalue weighted by molar-refractivity contribution is 0.0697. The average molecular weight is 323 g/mol. The third-order valence-corrected chi connectivity index (χ3v) is 4.20. The molecule has 21 heavy (non-hydrogen) atoms. The fraction of sp³-hybridized carbons (Fsp3) is 0.188. The van der Waals surface area contributed by atoms with Gasteiger partial charge in [-0.05, 0) is 42.8 Å². The van der Waals surface area contributed by atoms with Crippen LogP contribution in [0.2, 0.25) is 5.02 Å². The van der Waals surface area contributed by atoms with Crippen molar-refractivity contribution in [2.45, 2.75) is 17.6 Å². The van der Waals surface area contributed by atoms with E-state index in [0.717, 1.165) is 22.0 Å². The Kier molecular flexibility index (Phi) is 5.53. The summed E-state index contributed by atoms with van der Waals surface area (Å²) in [6.45, 7) is 2.60. The van der Waals surface area contributed by atoms with Crippen LogP contribution in [0.15, 0.2) is 47.4 Å². The van der Waals surface area contributed by atoms with Gasteiger partial charge in [0.15, 0.2) is 0 Å². The number of rotatable bonds is 6. The summed E-state index contributed by atoms with van der Waals surface area (Å²) in [6.07, 6.45) is 0. The number of benzene rings is 2. The van der Waals surface area contributed by atoms with E-state index in [9.17, 15) is 4.79 Å². The molecule has 0 saturated heterocycles. The van der Waals surface area contributed by atoms with E-state index in [1.165, 1.54) is 0 Å². The first-order valence-corrected chi connectivity index (χ1v) is 7.84. The molecule has 2 rings (SSSR count). The Balaban J connectivity index is 2.02. The zero-order valence-electron chi connectivity index (χ0n) is 11.5. The van der Waals surface area contributed by atoms with Crippen LogP contribution in [0.3, 0.4) is 0 Å². The second-order valence-corrected chi connectivity index (χ2v) is 5.77. The molecule has 0 radical (unpaired) electrons. The van der Waals surface area contributed by atoms with Crippen LogP contribution in [0.5, 0.6) is 5.75 Å². The van der Waals surface area contributed by atoms with Gasteiger partial charge in [-0.3, -0.25) is 0 Å². The molecule has 0 amide bonds. The van der Waals surface area contributed by atoms with Gasteiger partial charge >= 0.3 is 5.97 Å².